The number of fused-ring (bicyclic) bond motifs is 1. The van der Waals surface area contributed by atoms with Gasteiger partial charge in [0.1, 0.15) is 0 Å². The van der Waals surface area contributed by atoms with Gasteiger partial charge >= 0.3 is 0 Å². The summed E-state index contributed by atoms with van der Waals surface area (Å²) in [5.74, 6) is -0.116. The lowest BCUT2D eigenvalue weighted by atomic mass is 9.97. The quantitative estimate of drug-likeness (QED) is 0.661. The van der Waals surface area contributed by atoms with Gasteiger partial charge in [0.2, 0.25) is 0 Å². The Morgan fingerprint density at radius 2 is 2.07 bits per heavy atom. The molecule has 2 aromatic heterocycles. The smallest absolute Gasteiger partial charge is 0.275 e. The second kappa shape index (κ2) is 7.26. The molecule has 0 aliphatic carbocycles. The molecule has 0 radical (unpaired) electrons. The monoisotopic (exact) mass is 383 g/mol. The minimum absolute atomic E-state index is 0.116. The zero-order valence-corrected chi connectivity index (χ0v) is 16.2. The molecule has 0 bridgehead atoms. The molecular weight excluding hydrogens is 362 g/mol. The number of aromatic amines is 1. The molecular formula is C20H21N3O3S. The van der Waals surface area contributed by atoms with E-state index in [-0.39, 0.29) is 11.9 Å². The van der Waals surface area contributed by atoms with E-state index in [0.29, 0.717) is 12.2 Å². The lowest BCUT2D eigenvalue weighted by Crippen LogP contribution is -2.38. The number of amides is 1. The SMILES string of the molecule is COC(CN1C(=O)c2n[nH]c(-c3cccs3)c2C1c1cccc(C)c1)OC. The van der Waals surface area contributed by atoms with Crippen LogP contribution in [0.25, 0.3) is 10.6 Å². The molecule has 0 spiro atoms. The fraction of sp³-hybridized carbons (Fsp3) is 0.300. The van der Waals surface area contributed by atoms with E-state index in [1.807, 2.05) is 42.6 Å². The van der Waals surface area contributed by atoms with Crippen molar-refractivity contribution in [1.82, 2.24) is 15.1 Å². The number of hydrogen-bond acceptors (Lipinski definition) is 5. The first-order chi connectivity index (χ1) is 13.1. The lowest BCUT2D eigenvalue weighted by molar-refractivity contribution is -0.113. The molecule has 0 fully saturated rings. The number of nitrogens with one attached hydrogen (secondary N) is 1. The van der Waals surface area contributed by atoms with Crippen molar-refractivity contribution in [3.8, 4) is 10.6 Å². The Hall–Kier alpha value is -2.48. The van der Waals surface area contributed by atoms with Gasteiger partial charge in [-0.2, -0.15) is 5.10 Å². The molecule has 140 valence electrons. The summed E-state index contributed by atoms with van der Waals surface area (Å²) in [6.07, 6.45) is -0.501. The Morgan fingerprint density at radius 3 is 2.74 bits per heavy atom. The van der Waals surface area contributed by atoms with Crippen LogP contribution >= 0.6 is 11.3 Å². The van der Waals surface area contributed by atoms with Crippen LogP contribution in [0.4, 0.5) is 0 Å². The minimum Gasteiger partial charge on any atom is -0.354 e. The van der Waals surface area contributed by atoms with Crippen molar-refractivity contribution in [2.75, 3.05) is 20.8 Å². The van der Waals surface area contributed by atoms with Gasteiger partial charge in [-0.1, -0.05) is 35.9 Å². The Labute approximate surface area is 161 Å². The summed E-state index contributed by atoms with van der Waals surface area (Å²) in [6, 6.07) is 12.0. The lowest BCUT2D eigenvalue weighted by Gasteiger charge is -2.29. The van der Waals surface area contributed by atoms with Crippen molar-refractivity contribution in [1.29, 1.82) is 0 Å². The summed E-state index contributed by atoms with van der Waals surface area (Å²) in [4.78, 5) is 16.0. The van der Waals surface area contributed by atoms with Crippen molar-refractivity contribution in [2.45, 2.75) is 19.3 Å². The summed E-state index contributed by atoms with van der Waals surface area (Å²) in [6.45, 7) is 2.37. The molecule has 6 nitrogen and oxygen atoms in total. The minimum atomic E-state index is -0.501. The van der Waals surface area contributed by atoms with Crippen LogP contribution in [0.3, 0.4) is 0 Å². The van der Waals surface area contributed by atoms with E-state index >= 15 is 0 Å². The summed E-state index contributed by atoms with van der Waals surface area (Å²) in [5, 5.41) is 9.44. The normalized spacial score (nSPS) is 16.4. The molecule has 1 unspecified atom stereocenters. The molecule has 1 aliphatic heterocycles. The first kappa shape index (κ1) is 17.9. The second-order valence-electron chi connectivity index (χ2n) is 6.51. The third kappa shape index (κ3) is 3.07. The fourth-order valence-corrected chi connectivity index (χ4v) is 4.31. The molecule has 4 rings (SSSR count). The zero-order valence-electron chi connectivity index (χ0n) is 15.4. The van der Waals surface area contributed by atoms with Gasteiger partial charge in [-0.25, -0.2) is 0 Å². The van der Waals surface area contributed by atoms with Crippen LogP contribution in [-0.2, 0) is 9.47 Å². The van der Waals surface area contributed by atoms with Crippen molar-refractivity contribution in [3.63, 3.8) is 0 Å². The number of carbonyl (C=O) groups excluding carboxylic acids is 1. The summed E-state index contributed by atoms with van der Waals surface area (Å²) < 4.78 is 10.7. The maximum absolute atomic E-state index is 13.2. The summed E-state index contributed by atoms with van der Waals surface area (Å²) >= 11 is 1.62. The maximum Gasteiger partial charge on any atom is 0.275 e. The van der Waals surface area contributed by atoms with Crippen LogP contribution in [-0.4, -0.2) is 48.1 Å². The molecule has 3 heterocycles. The van der Waals surface area contributed by atoms with E-state index in [1.165, 1.54) is 0 Å². The van der Waals surface area contributed by atoms with Gasteiger partial charge in [0, 0.05) is 19.8 Å². The van der Waals surface area contributed by atoms with E-state index in [1.54, 1.807) is 30.5 Å². The van der Waals surface area contributed by atoms with Crippen LogP contribution in [0.1, 0.15) is 33.2 Å². The highest BCUT2D eigenvalue weighted by Gasteiger charge is 2.43. The zero-order chi connectivity index (χ0) is 19.0. The Morgan fingerprint density at radius 1 is 1.26 bits per heavy atom. The number of thiophene rings is 1. The molecule has 1 N–H and O–H groups in total. The number of nitrogens with zero attached hydrogens (tertiary/aromatic N) is 2. The van der Waals surface area contributed by atoms with Crippen LogP contribution in [0.15, 0.2) is 41.8 Å². The third-order valence-electron chi connectivity index (χ3n) is 4.85. The molecule has 1 aromatic carbocycles. The van der Waals surface area contributed by atoms with E-state index in [4.69, 9.17) is 9.47 Å². The van der Waals surface area contributed by atoms with Gasteiger partial charge < -0.3 is 14.4 Å². The topological polar surface area (TPSA) is 67.5 Å². The first-order valence-electron chi connectivity index (χ1n) is 8.69. The molecule has 1 atom stereocenters. The summed E-state index contributed by atoms with van der Waals surface area (Å²) in [7, 11) is 3.15. The molecule has 27 heavy (non-hydrogen) atoms. The maximum atomic E-state index is 13.2. The molecule has 0 saturated carbocycles. The van der Waals surface area contributed by atoms with Gasteiger partial charge in [0.25, 0.3) is 5.91 Å². The van der Waals surface area contributed by atoms with Crippen LogP contribution in [0, 0.1) is 6.92 Å². The predicted molar refractivity (Wildman–Crippen MR) is 104 cm³/mol. The number of methoxy groups -OCH3 is 2. The van der Waals surface area contributed by atoms with Crippen LogP contribution in [0.5, 0.6) is 0 Å². The number of aromatic nitrogens is 2. The molecule has 3 aromatic rings. The van der Waals surface area contributed by atoms with Crippen LogP contribution in [0.2, 0.25) is 0 Å². The van der Waals surface area contributed by atoms with Crippen molar-refractivity contribution >= 4 is 17.2 Å². The largest absolute Gasteiger partial charge is 0.354 e. The van der Waals surface area contributed by atoms with E-state index in [0.717, 1.165) is 27.3 Å². The standard InChI is InChI=1S/C20H21N3O3S/c1-12-6-4-7-13(10-12)19-16-17(14-8-5-9-27-14)21-22-18(16)20(24)23(19)11-15(25-2)26-3/h4-10,15,19H,11H2,1-3H3,(H,21,22). The van der Waals surface area contributed by atoms with E-state index in [9.17, 15) is 4.79 Å². The third-order valence-corrected chi connectivity index (χ3v) is 5.74. The van der Waals surface area contributed by atoms with Gasteiger partial charge in [-0.15, -0.1) is 11.3 Å². The molecule has 1 amide bonds. The van der Waals surface area contributed by atoms with Gasteiger partial charge in [0.15, 0.2) is 12.0 Å². The predicted octanol–water partition coefficient (Wildman–Crippen LogP) is 3.61. The van der Waals surface area contributed by atoms with Crippen molar-refractivity contribution in [2.24, 2.45) is 0 Å². The number of carbonyl (C=O) groups is 1. The molecule has 1 aliphatic rings. The van der Waals surface area contributed by atoms with Gasteiger partial charge in [-0.3, -0.25) is 9.89 Å². The number of ether oxygens (including phenoxy) is 2. The fourth-order valence-electron chi connectivity index (χ4n) is 3.58. The number of hydrogen-bond donors (Lipinski definition) is 1. The van der Waals surface area contributed by atoms with Gasteiger partial charge in [-0.05, 0) is 23.9 Å². The highest BCUT2D eigenvalue weighted by Crippen LogP contribution is 2.43. The second-order valence-corrected chi connectivity index (χ2v) is 7.46. The number of rotatable bonds is 6. The average molecular weight is 383 g/mol. The Bertz CT molecular complexity index is 947. The molecule has 0 saturated heterocycles. The Balaban J connectivity index is 1.85. The highest BCUT2D eigenvalue weighted by atomic mass is 32.1. The summed E-state index contributed by atoms with van der Waals surface area (Å²) in [5.41, 5.74) is 4.47. The molecule has 7 heteroatoms. The number of aryl methyl sites for hydroxylation is 1. The number of benzene rings is 1. The van der Waals surface area contributed by atoms with E-state index < -0.39 is 6.29 Å². The van der Waals surface area contributed by atoms with Crippen molar-refractivity contribution < 1.29 is 14.3 Å². The first-order valence-corrected chi connectivity index (χ1v) is 9.57. The van der Waals surface area contributed by atoms with E-state index in [2.05, 4.69) is 16.3 Å². The van der Waals surface area contributed by atoms with Crippen molar-refractivity contribution in [3.05, 3.63) is 64.2 Å². The Kier molecular flexibility index (Phi) is 4.82. The van der Waals surface area contributed by atoms with Gasteiger partial charge in [0.05, 0.1) is 23.2 Å². The average Bonchev–Trinajstić information content (AvgIpc) is 3.38. The highest BCUT2D eigenvalue weighted by molar-refractivity contribution is 7.13. The van der Waals surface area contributed by atoms with Crippen LogP contribution < -0.4 is 0 Å². The number of H-pyrrole nitrogens is 1.